The van der Waals surface area contributed by atoms with Crippen LogP contribution in [0.3, 0.4) is 0 Å². The Hall–Kier alpha value is 0.270. The van der Waals surface area contributed by atoms with E-state index < -0.39 is 0 Å². The highest BCUT2D eigenvalue weighted by atomic mass is 32.2. The van der Waals surface area contributed by atoms with Crippen molar-refractivity contribution in [3.05, 3.63) is 0 Å². The number of rotatable bonds is 3. The van der Waals surface area contributed by atoms with E-state index in [1.54, 1.807) is 0 Å². The van der Waals surface area contributed by atoms with Crippen LogP contribution in [-0.2, 0) is 0 Å². The predicted molar refractivity (Wildman–Crippen MR) is 68.6 cm³/mol. The molecule has 2 unspecified atom stereocenters. The molecule has 2 heterocycles. The van der Waals surface area contributed by atoms with Gasteiger partial charge in [-0.1, -0.05) is 6.42 Å². The van der Waals surface area contributed by atoms with Crippen LogP contribution in [0.4, 0.5) is 0 Å². The third-order valence-electron chi connectivity index (χ3n) is 3.90. The fraction of sp³-hybridized carbons (Fsp3) is 1.00. The SMILES string of the molecule is CSCC(C)N1CCN2CCCCC2C1. The van der Waals surface area contributed by atoms with Crippen LogP contribution in [-0.4, -0.2) is 60.1 Å². The second-order valence-electron chi connectivity index (χ2n) is 4.98. The van der Waals surface area contributed by atoms with Gasteiger partial charge in [0, 0.05) is 37.5 Å². The molecule has 15 heavy (non-hydrogen) atoms. The molecule has 2 aliphatic heterocycles. The molecule has 2 aliphatic rings. The lowest BCUT2D eigenvalue weighted by Gasteiger charge is -2.45. The Morgan fingerprint density at radius 1 is 1.27 bits per heavy atom. The van der Waals surface area contributed by atoms with E-state index in [4.69, 9.17) is 0 Å². The van der Waals surface area contributed by atoms with E-state index in [0.717, 1.165) is 12.1 Å². The van der Waals surface area contributed by atoms with Crippen LogP contribution in [0.1, 0.15) is 26.2 Å². The van der Waals surface area contributed by atoms with Crippen molar-refractivity contribution in [3.8, 4) is 0 Å². The Morgan fingerprint density at radius 2 is 2.13 bits per heavy atom. The third-order valence-corrected chi connectivity index (χ3v) is 4.72. The van der Waals surface area contributed by atoms with E-state index in [0.29, 0.717) is 0 Å². The van der Waals surface area contributed by atoms with Crippen molar-refractivity contribution in [2.45, 2.75) is 38.3 Å². The smallest absolute Gasteiger partial charge is 0.0223 e. The summed E-state index contributed by atoms with van der Waals surface area (Å²) in [5, 5.41) is 0. The molecule has 2 saturated heterocycles. The van der Waals surface area contributed by atoms with Crippen molar-refractivity contribution in [2.75, 3.05) is 38.2 Å². The van der Waals surface area contributed by atoms with Gasteiger partial charge in [-0.05, 0) is 32.6 Å². The molecule has 3 heteroatoms. The van der Waals surface area contributed by atoms with Gasteiger partial charge in [-0.15, -0.1) is 0 Å². The van der Waals surface area contributed by atoms with Gasteiger partial charge in [-0.3, -0.25) is 9.80 Å². The fourth-order valence-corrected chi connectivity index (χ4v) is 3.62. The number of piperidine rings is 1. The summed E-state index contributed by atoms with van der Waals surface area (Å²) in [6.45, 7) is 7.66. The average molecular weight is 228 g/mol. The van der Waals surface area contributed by atoms with Crippen LogP contribution < -0.4 is 0 Å². The highest BCUT2D eigenvalue weighted by molar-refractivity contribution is 7.98. The summed E-state index contributed by atoms with van der Waals surface area (Å²) in [4.78, 5) is 5.41. The maximum atomic E-state index is 2.71. The normalized spacial score (nSPS) is 31.2. The molecular formula is C12H24N2S. The first-order valence-corrected chi connectivity index (χ1v) is 7.67. The van der Waals surface area contributed by atoms with Crippen LogP contribution in [0.25, 0.3) is 0 Å². The summed E-state index contributed by atoms with van der Waals surface area (Å²) in [5.74, 6) is 1.28. The minimum absolute atomic E-state index is 0.768. The fourth-order valence-electron chi connectivity index (χ4n) is 2.93. The first-order valence-electron chi connectivity index (χ1n) is 6.28. The first kappa shape index (κ1) is 11.7. The zero-order chi connectivity index (χ0) is 10.7. The Labute approximate surface area is 98.4 Å². The van der Waals surface area contributed by atoms with Gasteiger partial charge in [-0.2, -0.15) is 11.8 Å². The second kappa shape index (κ2) is 5.55. The van der Waals surface area contributed by atoms with Crippen molar-refractivity contribution >= 4 is 11.8 Å². The molecule has 0 amide bonds. The Kier molecular flexibility index (Phi) is 4.35. The van der Waals surface area contributed by atoms with Crippen molar-refractivity contribution in [1.82, 2.24) is 9.80 Å². The molecule has 0 aliphatic carbocycles. The molecular weight excluding hydrogens is 204 g/mol. The maximum Gasteiger partial charge on any atom is 0.0223 e. The van der Waals surface area contributed by atoms with Gasteiger partial charge in [-0.25, -0.2) is 0 Å². The molecule has 0 aromatic rings. The van der Waals surface area contributed by atoms with Gasteiger partial charge in [0.2, 0.25) is 0 Å². The average Bonchev–Trinajstić information content (AvgIpc) is 2.29. The van der Waals surface area contributed by atoms with Crippen molar-refractivity contribution < 1.29 is 0 Å². The highest BCUT2D eigenvalue weighted by Gasteiger charge is 2.30. The standard InChI is InChI=1S/C12H24N2S/c1-11(10-15-2)14-8-7-13-6-4-3-5-12(13)9-14/h11-12H,3-10H2,1-2H3. The molecule has 0 aromatic carbocycles. The van der Waals surface area contributed by atoms with Crippen LogP contribution in [0.5, 0.6) is 0 Å². The number of fused-ring (bicyclic) bond motifs is 1. The van der Waals surface area contributed by atoms with E-state index >= 15 is 0 Å². The summed E-state index contributed by atoms with van der Waals surface area (Å²) in [6, 6.07) is 1.64. The minimum Gasteiger partial charge on any atom is -0.298 e. The van der Waals surface area contributed by atoms with Gasteiger partial charge >= 0.3 is 0 Å². The summed E-state index contributed by atoms with van der Waals surface area (Å²) >= 11 is 1.98. The maximum absolute atomic E-state index is 2.71. The highest BCUT2D eigenvalue weighted by Crippen LogP contribution is 2.22. The van der Waals surface area contributed by atoms with Gasteiger partial charge in [0.15, 0.2) is 0 Å². The van der Waals surface area contributed by atoms with Crippen LogP contribution >= 0.6 is 11.8 Å². The van der Waals surface area contributed by atoms with Crippen LogP contribution in [0.2, 0.25) is 0 Å². The number of thioether (sulfide) groups is 1. The minimum atomic E-state index is 0.768. The molecule has 0 radical (unpaired) electrons. The molecule has 0 N–H and O–H groups in total. The molecule has 88 valence electrons. The zero-order valence-electron chi connectivity index (χ0n) is 10.1. The first-order chi connectivity index (χ1) is 7.31. The quantitative estimate of drug-likeness (QED) is 0.728. The third kappa shape index (κ3) is 2.89. The van der Waals surface area contributed by atoms with Gasteiger partial charge < -0.3 is 0 Å². The Balaban J connectivity index is 1.85. The number of hydrogen-bond donors (Lipinski definition) is 0. The van der Waals surface area contributed by atoms with Crippen molar-refractivity contribution in [1.29, 1.82) is 0 Å². The van der Waals surface area contributed by atoms with Crippen LogP contribution in [0, 0.1) is 0 Å². The van der Waals surface area contributed by atoms with Gasteiger partial charge in [0.1, 0.15) is 0 Å². The number of nitrogens with zero attached hydrogens (tertiary/aromatic N) is 2. The monoisotopic (exact) mass is 228 g/mol. The number of hydrogen-bond acceptors (Lipinski definition) is 3. The van der Waals surface area contributed by atoms with Gasteiger partial charge in [0.25, 0.3) is 0 Å². The van der Waals surface area contributed by atoms with Gasteiger partial charge in [0.05, 0.1) is 0 Å². The molecule has 0 saturated carbocycles. The molecule has 0 spiro atoms. The molecule has 2 nitrogen and oxygen atoms in total. The van der Waals surface area contributed by atoms with E-state index in [1.807, 2.05) is 11.8 Å². The zero-order valence-corrected chi connectivity index (χ0v) is 10.9. The Morgan fingerprint density at radius 3 is 2.93 bits per heavy atom. The van der Waals surface area contributed by atoms with Crippen molar-refractivity contribution in [2.24, 2.45) is 0 Å². The summed E-state index contributed by atoms with van der Waals surface area (Å²) < 4.78 is 0. The lowest BCUT2D eigenvalue weighted by atomic mass is 9.99. The molecule has 2 atom stereocenters. The lowest BCUT2D eigenvalue weighted by Crippen LogP contribution is -2.57. The topological polar surface area (TPSA) is 6.48 Å². The van der Waals surface area contributed by atoms with E-state index in [1.165, 1.54) is 51.2 Å². The largest absolute Gasteiger partial charge is 0.298 e. The van der Waals surface area contributed by atoms with Crippen molar-refractivity contribution in [3.63, 3.8) is 0 Å². The summed E-state index contributed by atoms with van der Waals surface area (Å²) in [6.07, 6.45) is 6.53. The predicted octanol–water partition coefficient (Wildman–Crippen LogP) is 1.91. The van der Waals surface area contributed by atoms with E-state index in [9.17, 15) is 0 Å². The second-order valence-corrected chi connectivity index (χ2v) is 5.90. The van der Waals surface area contributed by atoms with E-state index in [-0.39, 0.29) is 0 Å². The molecule has 2 rings (SSSR count). The van der Waals surface area contributed by atoms with E-state index in [2.05, 4.69) is 23.0 Å². The molecule has 0 aromatic heterocycles. The molecule has 0 bridgehead atoms. The van der Waals surface area contributed by atoms with Crippen LogP contribution in [0.15, 0.2) is 0 Å². The Bertz CT molecular complexity index is 198. The number of piperazine rings is 1. The summed E-state index contributed by atoms with van der Waals surface area (Å²) in [5.41, 5.74) is 0. The lowest BCUT2D eigenvalue weighted by molar-refractivity contribution is 0.0357. The molecule has 2 fully saturated rings. The summed E-state index contributed by atoms with van der Waals surface area (Å²) in [7, 11) is 0.